The molecule has 2 atom stereocenters. The highest BCUT2D eigenvalue weighted by molar-refractivity contribution is 5.31. The van der Waals surface area contributed by atoms with Crippen molar-refractivity contribution in [2.75, 3.05) is 13.6 Å². The number of likely N-dealkylation sites (N-methyl/N-ethyl adjacent to an activating group) is 1. The first-order chi connectivity index (χ1) is 8.54. The average molecular weight is 246 g/mol. The van der Waals surface area contributed by atoms with Gasteiger partial charge >= 0.3 is 0 Å². The van der Waals surface area contributed by atoms with E-state index >= 15 is 0 Å². The Kier molecular flexibility index (Phi) is 4.08. The van der Waals surface area contributed by atoms with Gasteiger partial charge in [0, 0.05) is 18.6 Å². The van der Waals surface area contributed by atoms with Crippen LogP contribution in [0.1, 0.15) is 42.5 Å². The van der Waals surface area contributed by atoms with Crippen LogP contribution in [-0.2, 0) is 0 Å². The fourth-order valence-electron chi connectivity index (χ4n) is 2.72. The average Bonchev–Trinajstić information content (AvgIpc) is 3.17. The molecule has 0 spiro atoms. The summed E-state index contributed by atoms with van der Waals surface area (Å²) in [7, 11) is 2.22. The summed E-state index contributed by atoms with van der Waals surface area (Å²) in [6.07, 6.45) is 2.71. The molecule has 1 saturated carbocycles. The summed E-state index contributed by atoms with van der Waals surface area (Å²) < 4.78 is 0. The summed E-state index contributed by atoms with van der Waals surface area (Å²) >= 11 is 0. The van der Waals surface area contributed by atoms with Crippen LogP contribution in [0.2, 0.25) is 0 Å². The van der Waals surface area contributed by atoms with Gasteiger partial charge in [-0.15, -0.1) is 0 Å². The van der Waals surface area contributed by atoms with Crippen molar-refractivity contribution in [2.24, 2.45) is 11.7 Å². The molecule has 2 rings (SSSR count). The molecule has 0 heterocycles. The predicted molar refractivity (Wildman–Crippen MR) is 77.7 cm³/mol. The minimum Gasteiger partial charge on any atom is -0.329 e. The Morgan fingerprint density at radius 2 is 1.94 bits per heavy atom. The number of aryl methyl sites for hydroxylation is 2. The summed E-state index contributed by atoms with van der Waals surface area (Å²) in [6.45, 7) is 7.42. The van der Waals surface area contributed by atoms with E-state index in [2.05, 4.69) is 50.9 Å². The molecule has 2 heteroatoms. The largest absolute Gasteiger partial charge is 0.329 e. The maximum atomic E-state index is 5.94. The van der Waals surface area contributed by atoms with Gasteiger partial charge in [-0.2, -0.15) is 0 Å². The number of nitrogens with two attached hydrogens (primary N) is 1. The van der Waals surface area contributed by atoms with Crippen LogP contribution in [0, 0.1) is 19.8 Å². The lowest BCUT2D eigenvalue weighted by atomic mass is 9.99. The zero-order chi connectivity index (χ0) is 13.3. The lowest BCUT2D eigenvalue weighted by molar-refractivity contribution is 0.170. The van der Waals surface area contributed by atoms with Crippen LogP contribution in [0.4, 0.5) is 0 Å². The van der Waals surface area contributed by atoms with E-state index in [-0.39, 0.29) is 0 Å². The summed E-state index contributed by atoms with van der Waals surface area (Å²) in [5.74, 6) is 0.828. The second-order valence-corrected chi connectivity index (χ2v) is 5.83. The molecule has 2 N–H and O–H groups in total. The molecule has 1 aromatic rings. The maximum absolute atomic E-state index is 5.94. The van der Waals surface area contributed by atoms with Crippen LogP contribution in [0.25, 0.3) is 0 Å². The van der Waals surface area contributed by atoms with Crippen LogP contribution in [-0.4, -0.2) is 24.5 Å². The highest BCUT2D eigenvalue weighted by Crippen LogP contribution is 2.37. The summed E-state index contributed by atoms with van der Waals surface area (Å²) in [6, 6.07) is 7.78. The van der Waals surface area contributed by atoms with Gasteiger partial charge in [-0.3, -0.25) is 4.90 Å². The molecule has 0 bridgehead atoms. The van der Waals surface area contributed by atoms with Crippen molar-refractivity contribution in [2.45, 2.75) is 45.7 Å². The Hall–Kier alpha value is -0.860. The van der Waals surface area contributed by atoms with Crippen molar-refractivity contribution < 1.29 is 0 Å². The van der Waals surface area contributed by atoms with E-state index in [1.54, 1.807) is 0 Å². The minimum absolute atomic E-state index is 0.443. The normalized spacial score (nSPS) is 19.0. The van der Waals surface area contributed by atoms with E-state index in [4.69, 9.17) is 5.73 Å². The summed E-state index contributed by atoms with van der Waals surface area (Å²) in [5.41, 5.74) is 10.1. The molecule has 0 saturated heterocycles. The third-order valence-corrected chi connectivity index (χ3v) is 4.56. The van der Waals surface area contributed by atoms with E-state index < -0.39 is 0 Å². The Balaban J connectivity index is 2.13. The van der Waals surface area contributed by atoms with Crippen LogP contribution in [0.3, 0.4) is 0 Å². The third-order valence-electron chi connectivity index (χ3n) is 4.56. The highest BCUT2D eigenvalue weighted by atomic mass is 15.2. The van der Waals surface area contributed by atoms with Gasteiger partial charge in [0.05, 0.1) is 0 Å². The first kappa shape index (κ1) is 13.6. The molecule has 1 aliphatic rings. The first-order valence-corrected chi connectivity index (χ1v) is 7.03. The van der Waals surface area contributed by atoms with E-state index in [0.717, 1.165) is 12.5 Å². The molecule has 1 aromatic carbocycles. The van der Waals surface area contributed by atoms with Crippen molar-refractivity contribution in [3.63, 3.8) is 0 Å². The van der Waals surface area contributed by atoms with Crippen molar-refractivity contribution in [1.29, 1.82) is 0 Å². The highest BCUT2D eigenvalue weighted by Gasteiger charge is 2.34. The van der Waals surface area contributed by atoms with Crippen molar-refractivity contribution in [1.82, 2.24) is 4.90 Å². The van der Waals surface area contributed by atoms with Gasteiger partial charge < -0.3 is 5.73 Å². The number of hydrogen-bond acceptors (Lipinski definition) is 2. The molecule has 0 amide bonds. The van der Waals surface area contributed by atoms with Crippen molar-refractivity contribution in [3.05, 3.63) is 34.9 Å². The number of nitrogens with zero attached hydrogens (tertiary/aromatic N) is 1. The van der Waals surface area contributed by atoms with Gasteiger partial charge in [-0.05, 0) is 63.3 Å². The minimum atomic E-state index is 0.443. The SMILES string of the molecule is Cc1ccc(C(C)N(C)C(CN)C2CC2)cc1C. The monoisotopic (exact) mass is 246 g/mol. The quantitative estimate of drug-likeness (QED) is 0.865. The molecule has 0 aliphatic heterocycles. The standard InChI is InChI=1S/C16H26N2/c1-11-5-6-15(9-12(11)2)13(3)18(4)16(10-17)14-7-8-14/h5-6,9,13-14,16H,7-8,10,17H2,1-4H3. The molecule has 2 unspecified atom stereocenters. The summed E-state index contributed by atoms with van der Waals surface area (Å²) in [5, 5.41) is 0. The third kappa shape index (κ3) is 2.76. The van der Waals surface area contributed by atoms with E-state index in [1.165, 1.54) is 29.5 Å². The molecule has 1 fully saturated rings. The second-order valence-electron chi connectivity index (χ2n) is 5.83. The van der Waals surface area contributed by atoms with Gasteiger partial charge in [0.25, 0.3) is 0 Å². The van der Waals surface area contributed by atoms with Crippen molar-refractivity contribution >= 4 is 0 Å². The van der Waals surface area contributed by atoms with E-state index in [9.17, 15) is 0 Å². The predicted octanol–water partition coefficient (Wildman–Crippen LogP) is 3.03. The summed E-state index contributed by atoms with van der Waals surface area (Å²) in [4.78, 5) is 2.46. The number of benzene rings is 1. The van der Waals surface area contributed by atoms with Crippen LogP contribution in [0.15, 0.2) is 18.2 Å². The molecule has 0 aromatic heterocycles. The zero-order valence-corrected chi connectivity index (χ0v) is 12.1. The van der Waals surface area contributed by atoms with Gasteiger partial charge in [0.1, 0.15) is 0 Å². The smallest absolute Gasteiger partial charge is 0.0320 e. The zero-order valence-electron chi connectivity index (χ0n) is 12.1. The Morgan fingerprint density at radius 3 is 2.44 bits per heavy atom. The number of rotatable bonds is 5. The Bertz CT molecular complexity index is 410. The van der Waals surface area contributed by atoms with Crippen molar-refractivity contribution in [3.8, 4) is 0 Å². The van der Waals surface area contributed by atoms with Gasteiger partial charge in [0.15, 0.2) is 0 Å². The molecule has 100 valence electrons. The molecular formula is C16H26N2. The Labute approximate surface area is 111 Å². The van der Waals surface area contributed by atoms with Crippen LogP contribution >= 0.6 is 0 Å². The van der Waals surface area contributed by atoms with Gasteiger partial charge in [-0.1, -0.05) is 18.2 Å². The molecule has 18 heavy (non-hydrogen) atoms. The Morgan fingerprint density at radius 1 is 1.28 bits per heavy atom. The lowest BCUT2D eigenvalue weighted by Gasteiger charge is -2.33. The molecule has 1 aliphatic carbocycles. The number of hydrogen-bond donors (Lipinski definition) is 1. The molecular weight excluding hydrogens is 220 g/mol. The van der Waals surface area contributed by atoms with Crippen LogP contribution in [0.5, 0.6) is 0 Å². The molecule has 2 nitrogen and oxygen atoms in total. The van der Waals surface area contributed by atoms with E-state index in [0.29, 0.717) is 12.1 Å². The molecule has 0 radical (unpaired) electrons. The fraction of sp³-hybridized carbons (Fsp3) is 0.625. The van der Waals surface area contributed by atoms with Gasteiger partial charge in [0.2, 0.25) is 0 Å². The maximum Gasteiger partial charge on any atom is 0.0320 e. The van der Waals surface area contributed by atoms with Gasteiger partial charge in [-0.25, -0.2) is 0 Å². The van der Waals surface area contributed by atoms with E-state index in [1.807, 2.05) is 0 Å². The first-order valence-electron chi connectivity index (χ1n) is 7.03. The fourth-order valence-corrected chi connectivity index (χ4v) is 2.72. The van der Waals surface area contributed by atoms with Crippen LogP contribution < -0.4 is 5.73 Å². The lowest BCUT2D eigenvalue weighted by Crippen LogP contribution is -2.41. The second kappa shape index (κ2) is 5.41. The topological polar surface area (TPSA) is 29.3 Å².